The third kappa shape index (κ3) is 3.70. The second kappa shape index (κ2) is 7.73. The molecule has 0 aromatic heterocycles. The Morgan fingerprint density at radius 1 is 1.19 bits per heavy atom. The van der Waals surface area contributed by atoms with Crippen molar-refractivity contribution < 1.29 is 9.18 Å². The minimum Gasteiger partial charge on any atom is -0.323 e. The Hall–Kier alpha value is -1.33. The molecule has 2 aliphatic rings. The molecule has 1 aliphatic carbocycles. The smallest absolute Gasteiger partial charge is 0.228 e. The van der Waals surface area contributed by atoms with E-state index in [1.165, 1.54) is 0 Å². The molecule has 26 heavy (non-hydrogen) atoms. The van der Waals surface area contributed by atoms with Crippen LogP contribution in [0.1, 0.15) is 29.0 Å². The van der Waals surface area contributed by atoms with Crippen molar-refractivity contribution in [3.8, 4) is 0 Å². The van der Waals surface area contributed by atoms with E-state index in [1.54, 1.807) is 18.2 Å². The molecule has 2 N–H and O–H groups in total. The van der Waals surface area contributed by atoms with Crippen molar-refractivity contribution in [1.29, 1.82) is 0 Å². The number of carbonyl (C=O) groups is 1. The summed E-state index contributed by atoms with van der Waals surface area (Å²) in [5.74, 6) is -0.503. The number of benzene rings is 2. The first-order chi connectivity index (χ1) is 12.0. The van der Waals surface area contributed by atoms with Gasteiger partial charge in [0.25, 0.3) is 0 Å². The number of amides is 1. The molecule has 0 spiro atoms. The molecule has 1 saturated carbocycles. The van der Waals surface area contributed by atoms with Crippen LogP contribution in [0.5, 0.6) is 0 Å². The van der Waals surface area contributed by atoms with Gasteiger partial charge in [-0.05, 0) is 60.2 Å². The molecule has 4 rings (SSSR count). The standard InChI is InChI=1S/C19H17Cl2FN2O.ClH/c20-15-3-1-10(7-16(15)21)13-8-14(13)19(25)24-17-4-2-11-9-23-6-5-12(11)18(17)22;/h1-4,7,13-14,23H,5-6,8-9H2,(H,24,25);1H. The van der Waals surface area contributed by atoms with Crippen molar-refractivity contribution in [3.05, 3.63) is 62.9 Å². The average molecular weight is 416 g/mol. The highest BCUT2D eigenvalue weighted by Crippen LogP contribution is 2.49. The van der Waals surface area contributed by atoms with Crippen LogP contribution in [0.15, 0.2) is 30.3 Å². The number of nitrogens with one attached hydrogen (secondary N) is 2. The highest BCUT2D eigenvalue weighted by atomic mass is 35.5. The molecular weight excluding hydrogens is 398 g/mol. The molecule has 2 aromatic carbocycles. The van der Waals surface area contributed by atoms with E-state index in [-0.39, 0.29) is 41.7 Å². The molecule has 3 nitrogen and oxygen atoms in total. The van der Waals surface area contributed by atoms with Crippen molar-refractivity contribution >= 4 is 47.2 Å². The average Bonchev–Trinajstić information content (AvgIpc) is 3.41. The summed E-state index contributed by atoms with van der Waals surface area (Å²) in [6.07, 6.45) is 1.38. The zero-order valence-electron chi connectivity index (χ0n) is 13.8. The minimum absolute atomic E-state index is 0. The number of rotatable bonds is 3. The van der Waals surface area contributed by atoms with Gasteiger partial charge in [-0.1, -0.05) is 35.3 Å². The summed E-state index contributed by atoms with van der Waals surface area (Å²) < 4.78 is 14.6. The molecule has 0 bridgehead atoms. The van der Waals surface area contributed by atoms with Gasteiger partial charge in [-0.25, -0.2) is 4.39 Å². The van der Waals surface area contributed by atoms with E-state index < -0.39 is 0 Å². The monoisotopic (exact) mass is 414 g/mol. The normalized spacial score (nSPS) is 20.7. The van der Waals surface area contributed by atoms with Crippen LogP contribution < -0.4 is 10.6 Å². The van der Waals surface area contributed by atoms with Gasteiger partial charge < -0.3 is 10.6 Å². The van der Waals surface area contributed by atoms with Crippen molar-refractivity contribution in [3.63, 3.8) is 0 Å². The van der Waals surface area contributed by atoms with Crippen molar-refractivity contribution in [1.82, 2.24) is 5.32 Å². The summed E-state index contributed by atoms with van der Waals surface area (Å²) in [5.41, 5.74) is 2.92. The predicted octanol–water partition coefficient (Wildman–Crippen LogP) is 4.94. The van der Waals surface area contributed by atoms with Crippen molar-refractivity contribution in [2.24, 2.45) is 5.92 Å². The lowest BCUT2D eigenvalue weighted by Gasteiger charge is -2.19. The molecular formula is C19H18Cl3FN2O. The fourth-order valence-electron chi connectivity index (χ4n) is 3.45. The van der Waals surface area contributed by atoms with Gasteiger partial charge in [0.05, 0.1) is 15.7 Å². The molecule has 138 valence electrons. The van der Waals surface area contributed by atoms with Gasteiger partial charge in [0, 0.05) is 12.5 Å². The molecule has 2 aromatic rings. The van der Waals surface area contributed by atoms with E-state index in [4.69, 9.17) is 23.2 Å². The molecule has 1 amide bonds. The van der Waals surface area contributed by atoms with E-state index in [0.717, 1.165) is 24.1 Å². The highest BCUT2D eigenvalue weighted by Gasteiger charge is 2.44. The highest BCUT2D eigenvalue weighted by molar-refractivity contribution is 6.42. The number of carbonyl (C=O) groups excluding carboxylic acids is 1. The fourth-order valence-corrected chi connectivity index (χ4v) is 3.76. The molecule has 1 heterocycles. The summed E-state index contributed by atoms with van der Waals surface area (Å²) in [6.45, 7) is 1.42. The summed E-state index contributed by atoms with van der Waals surface area (Å²) in [4.78, 5) is 12.5. The maximum absolute atomic E-state index is 14.6. The van der Waals surface area contributed by atoms with Crippen LogP contribution in [-0.4, -0.2) is 12.5 Å². The third-order valence-corrected chi connectivity index (χ3v) is 5.70. The first-order valence-electron chi connectivity index (χ1n) is 8.31. The Bertz CT molecular complexity index is 859. The number of anilines is 1. The Kier molecular flexibility index (Phi) is 5.78. The molecule has 2 unspecified atom stereocenters. The second-order valence-corrected chi connectivity index (χ2v) is 7.42. The van der Waals surface area contributed by atoms with Crippen molar-refractivity contribution in [2.45, 2.75) is 25.3 Å². The Morgan fingerprint density at radius 3 is 2.77 bits per heavy atom. The van der Waals surface area contributed by atoms with Gasteiger partial charge in [0.1, 0.15) is 5.82 Å². The maximum Gasteiger partial charge on any atom is 0.228 e. The van der Waals surface area contributed by atoms with Crippen LogP contribution in [0.3, 0.4) is 0 Å². The first kappa shape index (κ1) is 19.4. The van der Waals surface area contributed by atoms with Gasteiger partial charge in [-0.15, -0.1) is 12.4 Å². The lowest BCUT2D eigenvalue weighted by Crippen LogP contribution is -2.25. The number of fused-ring (bicyclic) bond motifs is 1. The quantitative estimate of drug-likeness (QED) is 0.745. The van der Waals surface area contributed by atoms with E-state index in [9.17, 15) is 9.18 Å². The number of hydrogen-bond acceptors (Lipinski definition) is 2. The lowest BCUT2D eigenvalue weighted by atomic mass is 9.99. The largest absolute Gasteiger partial charge is 0.323 e. The van der Waals surface area contributed by atoms with E-state index >= 15 is 0 Å². The molecule has 2 atom stereocenters. The molecule has 7 heteroatoms. The van der Waals surface area contributed by atoms with E-state index in [2.05, 4.69) is 10.6 Å². The van der Waals surface area contributed by atoms with Gasteiger partial charge in [0.2, 0.25) is 5.91 Å². The van der Waals surface area contributed by atoms with Crippen LogP contribution in [0.25, 0.3) is 0 Å². The number of hydrogen-bond donors (Lipinski definition) is 2. The van der Waals surface area contributed by atoms with Crippen LogP contribution in [0.2, 0.25) is 10.0 Å². The molecule has 0 radical (unpaired) electrons. The molecule has 1 aliphatic heterocycles. The van der Waals surface area contributed by atoms with E-state index in [1.807, 2.05) is 12.1 Å². The predicted molar refractivity (Wildman–Crippen MR) is 105 cm³/mol. The second-order valence-electron chi connectivity index (χ2n) is 6.60. The van der Waals surface area contributed by atoms with Gasteiger partial charge >= 0.3 is 0 Å². The van der Waals surface area contributed by atoms with Crippen molar-refractivity contribution in [2.75, 3.05) is 11.9 Å². The van der Waals surface area contributed by atoms with Gasteiger partial charge in [0.15, 0.2) is 0 Å². The van der Waals surface area contributed by atoms with Gasteiger partial charge in [-0.3, -0.25) is 4.79 Å². The molecule has 1 fully saturated rings. The zero-order valence-corrected chi connectivity index (χ0v) is 16.1. The summed E-state index contributed by atoms with van der Waals surface area (Å²) >= 11 is 12.0. The Labute approximate surface area is 167 Å². The Balaban J connectivity index is 0.00000196. The van der Waals surface area contributed by atoms with Crippen LogP contribution in [0.4, 0.5) is 10.1 Å². The van der Waals surface area contributed by atoms with Crippen LogP contribution >= 0.6 is 35.6 Å². The fraction of sp³-hybridized carbons (Fsp3) is 0.316. The van der Waals surface area contributed by atoms with Gasteiger partial charge in [-0.2, -0.15) is 0 Å². The van der Waals surface area contributed by atoms with Crippen LogP contribution in [-0.2, 0) is 17.8 Å². The minimum atomic E-state index is -0.306. The van der Waals surface area contributed by atoms with E-state index in [0.29, 0.717) is 28.6 Å². The summed E-state index contributed by atoms with van der Waals surface area (Å²) in [7, 11) is 0. The molecule has 0 saturated heterocycles. The lowest BCUT2D eigenvalue weighted by molar-refractivity contribution is -0.117. The SMILES string of the molecule is Cl.O=C(Nc1ccc2c(c1F)CCNC2)C1CC1c1ccc(Cl)c(Cl)c1. The summed E-state index contributed by atoms with van der Waals surface area (Å²) in [6, 6.07) is 8.95. The zero-order chi connectivity index (χ0) is 17.6. The Morgan fingerprint density at radius 2 is 2.00 bits per heavy atom. The maximum atomic E-state index is 14.6. The first-order valence-corrected chi connectivity index (χ1v) is 9.07. The number of halogens is 4. The summed E-state index contributed by atoms with van der Waals surface area (Å²) in [5, 5.41) is 6.95. The third-order valence-electron chi connectivity index (χ3n) is 4.96. The van der Waals surface area contributed by atoms with Crippen LogP contribution in [0, 0.1) is 11.7 Å². The topological polar surface area (TPSA) is 41.1 Å².